The second kappa shape index (κ2) is 12.0. The van der Waals surface area contributed by atoms with Gasteiger partial charge in [-0.05, 0) is 37.3 Å². The minimum absolute atomic E-state index is 0.139. The molecule has 1 heterocycles. The van der Waals surface area contributed by atoms with Crippen LogP contribution in [-0.2, 0) is 9.53 Å². The number of esters is 1. The number of ether oxygens (including phenoxy) is 2. The zero-order valence-electron chi connectivity index (χ0n) is 19.2. The van der Waals surface area contributed by atoms with Gasteiger partial charge in [0, 0.05) is 18.1 Å². The van der Waals surface area contributed by atoms with Gasteiger partial charge >= 0.3 is 5.97 Å². The van der Waals surface area contributed by atoms with E-state index < -0.39 is 18.0 Å². The van der Waals surface area contributed by atoms with Gasteiger partial charge in [-0.25, -0.2) is 4.79 Å². The summed E-state index contributed by atoms with van der Waals surface area (Å²) in [5, 5.41) is 29.8. The van der Waals surface area contributed by atoms with E-state index in [1.54, 1.807) is 37.3 Å². The molecule has 4 rings (SSSR count). The number of allylic oxidation sites excluding steroid dienone is 1. The van der Waals surface area contributed by atoms with Gasteiger partial charge in [0.15, 0.2) is 11.5 Å². The molecule has 1 aromatic heterocycles. The minimum atomic E-state index is -0.945. The average molecular weight is 476 g/mol. The normalized spacial score (nSPS) is 11.8. The summed E-state index contributed by atoms with van der Waals surface area (Å²) < 4.78 is 10.5. The van der Waals surface area contributed by atoms with Crippen LogP contribution in [0.3, 0.4) is 0 Å². The van der Waals surface area contributed by atoms with Gasteiger partial charge in [0.25, 0.3) is 0 Å². The van der Waals surface area contributed by atoms with Gasteiger partial charge < -0.3 is 19.7 Å². The fraction of sp³-hybridized carbons (Fsp3) is 0.154. The molecule has 0 fully saturated rings. The van der Waals surface area contributed by atoms with E-state index in [1.165, 1.54) is 31.2 Å². The number of carbonyl (C=O) groups is 2. The Kier molecular flexibility index (Phi) is 8.55. The highest BCUT2D eigenvalue weighted by molar-refractivity contribution is 6.10. The van der Waals surface area contributed by atoms with Crippen LogP contribution in [0.15, 0.2) is 84.6 Å². The number of aromatic nitrogens is 3. The van der Waals surface area contributed by atoms with E-state index in [2.05, 4.69) is 15.4 Å². The number of rotatable bonds is 7. The molecule has 3 aromatic carbocycles. The fourth-order valence-corrected chi connectivity index (χ4v) is 2.95. The smallest absolute Gasteiger partial charge is 0.376 e. The molecule has 0 bridgehead atoms. The number of nitrogens with zero attached hydrogens (tertiary/aromatic N) is 2. The third-order valence-electron chi connectivity index (χ3n) is 4.79. The Morgan fingerprint density at radius 2 is 1.63 bits per heavy atom. The lowest BCUT2D eigenvalue weighted by atomic mass is 10.0. The van der Waals surface area contributed by atoms with Crippen LogP contribution in [-0.4, -0.2) is 43.7 Å². The van der Waals surface area contributed by atoms with Crippen LogP contribution < -0.4 is 4.74 Å². The van der Waals surface area contributed by atoms with Gasteiger partial charge in [-0.3, -0.25) is 4.79 Å². The molecular weight excluding hydrogens is 450 g/mol. The Labute approximate surface area is 201 Å². The largest absolute Gasteiger partial charge is 0.507 e. The number of carbonyl (C=O) groups excluding carboxylic acids is 2. The van der Waals surface area contributed by atoms with Crippen LogP contribution in [0.1, 0.15) is 36.2 Å². The summed E-state index contributed by atoms with van der Waals surface area (Å²) in [7, 11) is 0. The molecular formula is C26H25N3O6. The summed E-state index contributed by atoms with van der Waals surface area (Å²) in [4.78, 5) is 24.0. The molecule has 3 N–H and O–H groups in total. The number of hydrogen-bond acceptors (Lipinski definition) is 8. The van der Waals surface area contributed by atoms with E-state index in [-0.39, 0.29) is 22.8 Å². The second-order valence-corrected chi connectivity index (χ2v) is 7.22. The number of nitrogens with one attached hydrogen (secondary N) is 1. The van der Waals surface area contributed by atoms with Crippen molar-refractivity contribution in [2.75, 3.05) is 0 Å². The third-order valence-corrected chi connectivity index (χ3v) is 4.79. The monoisotopic (exact) mass is 475 g/mol. The molecule has 0 saturated heterocycles. The van der Waals surface area contributed by atoms with Crippen molar-refractivity contribution in [3.05, 3.63) is 95.8 Å². The molecule has 1 unspecified atom stereocenters. The first-order chi connectivity index (χ1) is 16.9. The fourth-order valence-electron chi connectivity index (χ4n) is 2.95. The maximum atomic E-state index is 12.4. The molecule has 0 aliphatic rings. The van der Waals surface area contributed by atoms with Crippen LogP contribution in [0.4, 0.5) is 0 Å². The Bertz CT molecular complexity index is 1290. The van der Waals surface area contributed by atoms with Crippen molar-refractivity contribution < 1.29 is 29.3 Å². The number of ketones is 1. The lowest BCUT2D eigenvalue weighted by Gasteiger charge is -2.18. The summed E-state index contributed by atoms with van der Waals surface area (Å²) in [5.74, 6) is -1.75. The molecule has 0 saturated carbocycles. The summed E-state index contributed by atoms with van der Waals surface area (Å²) in [6, 6.07) is 20.5. The van der Waals surface area contributed by atoms with Gasteiger partial charge in [0.1, 0.15) is 22.5 Å². The van der Waals surface area contributed by atoms with Crippen LogP contribution in [0, 0.1) is 0 Å². The van der Waals surface area contributed by atoms with Crippen molar-refractivity contribution in [1.82, 2.24) is 15.4 Å². The number of aromatic hydroxyl groups is 1. The Balaban J connectivity index is 0.000000313. The first kappa shape index (κ1) is 25.0. The minimum Gasteiger partial charge on any atom is -0.507 e. The predicted octanol–water partition coefficient (Wildman–Crippen LogP) is 4.70. The van der Waals surface area contributed by atoms with Gasteiger partial charge in [-0.15, -0.1) is 0 Å². The second-order valence-electron chi connectivity index (χ2n) is 7.22. The van der Waals surface area contributed by atoms with Crippen LogP contribution in [0.5, 0.6) is 11.5 Å². The van der Waals surface area contributed by atoms with E-state index in [0.29, 0.717) is 12.0 Å². The molecule has 0 radical (unpaired) electrons. The number of phenols is 1. The summed E-state index contributed by atoms with van der Waals surface area (Å²) in [6.45, 7) is 3.23. The van der Waals surface area contributed by atoms with Crippen molar-refractivity contribution in [2.45, 2.75) is 26.6 Å². The molecule has 9 heteroatoms. The van der Waals surface area contributed by atoms with Gasteiger partial charge in [-0.1, -0.05) is 49.4 Å². The summed E-state index contributed by atoms with van der Waals surface area (Å²) in [5.41, 5.74) is 2.42. The van der Waals surface area contributed by atoms with Crippen LogP contribution in [0.25, 0.3) is 11.0 Å². The summed E-state index contributed by atoms with van der Waals surface area (Å²) in [6.07, 6.45) is 0.596. The number of phenolic OH excluding ortho intramolecular Hbond substituents is 1. The van der Waals surface area contributed by atoms with E-state index in [1.807, 2.05) is 24.3 Å². The maximum Gasteiger partial charge on any atom is 0.376 e. The third kappa shape index (κ3) is 6.67. The highest BCUT2D eigenvalue weighted by Gasteiger charge is 2.19. The number of fused-ring (bicyclic) bond motifs is 1. The standard InChI is InChI=1S/C20H20O6.C6H5N3/c1-3-16(21)20(24)26-18(4-2)25-14-10-11-15(17(22)12-14)19(23)13-8-6-5-7-9-13;1-2-4-6-5(3-1)7-9-8-6/h3,5-12,18,21-22H,4H2,1-2H3;1-4H,(H,7,8,9)/b16-3-;. The molecule has 0 spiro atoms. The number of hydrogen-bond donors (Lipinski definition) is 3. The first-order valence-corrected chi connectivity index (χ1v) is 10.8. The van der Waals surface area contributed by atoms with Crippen molar-refractivity contribution in [3.63, 3.8) is 0 Å². The van der Waals surface area contributed by atoms with E-state index >= 15 is 0 Å². The Hall–Kier alpha value is -4.66. The number of aliphatic hydroxyl groups excluding tert-OH is 1. The number of benzene rings is 3. The van der Waals surface area contributed by atoms with Crippen molar-refractivity contribution in [2.24, 2.45) is 0 Å². The summed E-state index contributed by atoms with van der Waals surface area (Å²) >= 11 is 0. The van der Waals surface area contributed by atoms with Gasteiger partial charge in [0.05, 0.1) is 5.56 Å². The maximum absolute atomic E-state index is 12.4. The molecule has 0 aliphatic heterocycles. The molecule has 0 amide bonds. The van der Waals surface area contributed by atoms with Crippen LogP contribution in [0.2, 0.25) is 0 Å². The van der Waals surface area contributed by atoms with E-state index in [0.717, 1.165) is 11.0 Å². The van der Waals surface area contributed by atoms with Crippen molar-refractivity contribution >= 4 is 22.8 Å². The number of aromatic amines is 1. The van der Waals surface area contributed by atoms with Crippen molar-refractivity contribution in [1.29, 1.82) is 0 Å². The molecule has 180 valence electrons. The molecule has 0 aliphatic carbocycles. The van der Waals surface area contributed by atoms with Crippen molar-refractivity contribution in [3.8, 4) is 11.5 Å². The lowest BCUT2D eigenvalue weighted by molar-refractivity contribution is -0.162. The van der Waals surface area contributed by atoms with Gasteiger partial charge in [-0.2, -0.15) is 15.4 Å². The van der Waals surface area contributed by atoms with E-state index in [4.69, 9.17) is 9.47 Å². The van der Waals surface area contributed by atoms with Gasteiger partial charge in [0.2, 0.25) is 6.29 Å². The predicted molar refractivity (Wildman–Crippen MR) is 129 cm³/mol. The zero-order valence-corrected chi connectivity index (χ0v) is 19.2. The number of para-hydroxylation sites is 2. The average Bonchev–Trinajstić information content (AvgIpc) is 3.37. The van der Waals surface area contributed by atoms with Crippen LogP contribution >= 0.6 is 0 Å². The Morgan fingerprint density at radius 3 is 2.20 bits per heavy atom. The molecule has 35 heavy (non-hydrogen) atoms. The highest BCUT2D eigenvalue weighted by Crippen LogP contribution is 2.27. The molecule has 1 atom stereocenters. The highest BCUT2D eigenvalue weighted by atomic mass is 16.7. The zero-order chi connectivity index (χ0) is 25.2. The molecule has 4 aromatic rings. The SMILES string of the molecule is C/C=C(\O)C(=O)OC(CC)Oc1ccc(C(=O)c2ccccc2)c(O)c1.c1ccc2n[nH]nc2c1. The topological polar surface area (TPSA) is 135 Å². The number of aliphatic hydroxyl groups is 1. The molecule has 9 nitrogen and oxygen atoms in total. The quantitative estimate of drug-likeness (QED) is 0.115. The lowest BCUT2D eigenvalue weighted by Crippen LogP contribution is -2.24. The Morgan fingerprint density at radius 1 is 1.00 bits per heavy atom. The number of H-pyrrole nitrogens is 1. The first-order valence-electron chi connectivity index (χ1n) is 10.8. The van der Waals surface area contributed by atoms with E-state index in [9.17, 15) is 19.8 Å².